The molecule has 0 saturated heterocycles. The monoisotopic (exact) mass is 580 g/mol. The Kier molecular flexibility index (Phi) is 7.94. The molecular weight excluding hydrogens is 552 g/mol. The van der Waals surface area contributed by atoms with Crippen LogP contribution in [0.5, 0.6) is 0 Å². The smallest absolute Gasteiger partial charge is 0.338 e. The summed E-state index contributed by atoms with van der Waals surface area (Å²) in [6.45, 7) is 4.81. The zero-order valence-corrected chi connectivity index (χ0v) is 23.4. The summed E-state index contributed by atoms with van der Waals surface area (Å²) in [6.07, 6.45) is 2.05. The number of aromatic nitrogens is 1. The van der Waals surface area contributed by atoms with Crippen molar-refractivity contribution in [3.8, 4) is 11.1 Å². The lowest BCUT2D eigenvalue weighted by atomic mass is 9.98. The van der Waals surface area contributed by atoms with Crippen molar-refractivity contribution < 1.29 is 14.3 Å². The third-order valence-electron chi connectivity index (χ3n) is 6.82. The van der Waals surface area contributed by atoms with Gasteiger partial charge in [0.25, 0.3) is 5.91 Å². The van der Waals surface area contributed by atoms with Crippen LogP contribution < -0.4 is 5.32 Å². The first-order valence-electron chi connectivity index (χ1n) is 12.9. The van der Waals surface area contributed by atoms with E-state index in [2.05, 4.69) is 44.1 Å². The molecular formula is C33H29BrN2O3. The van der Waals surface area contributed by atoms with Gasteiger partial charge in [0.2, 0.25) is 0 Å². The first kappa shape index (κ1) is 26.4. The van der Waals surface area contributed by atoms with Crippen molar-refractivity contribution in [2.75, 3.05) is 6.61 Å². The van der Waals surface area contributed by atoms with Crippen molar-refractivity contribution in [2.24, 2.45) is 0 Å². The Morgan fingerprint density at radius 3 is 2.36 bits per heavy atom. The van der Waals surface area contributed by atoms with Gasteiger partial charge in [0.05, 0.1) is 18.2 Å². The van der Waals surface area contributed by atoms with E-state index >= 15 is 0 Å². The van der Waals surface area contributed by atoms with Gasteiger partial charge in [-0.2, -0.15) is 0 Å². The maximum atomic E-state index is 13.0. The van der Waals surface area contributed by atoms with Crippen LogP contribution in [0.25, 0.3) is 22.0 Å². The molecule has 0 aliphatic rings. The highest BCUT2D eigenvalue weighted by Crippen LogP contribution is 2.27. The van der Waals surface area contributed by atoms with Crippen LogP contribution in [0.1, 0.15) is 51.7 Å². The summed E-state index contributed by atoms with van der Waals surface area (Å²) in [6, 6.07) is 31.5. The number of nitrogens with one attached hydrogen (secondary N) is 1. The first-order valence-corrected chi connectivity index (χ1v) is 13.7. The van der Waals surface area contributed by atoms with E-state index in [1.807, 2.05) is 79.7 Å². The summed E-state index contributed by atoms with van der Waals surface area (Å²) in [7, 11) is 0. The van der Waals surface area contributed by atoms with E-state index in [9.17, 15) is 9.59 Å². The molecule has 0 fully saturated rings. The zero-order chi connectivity index (χ0) is 27.4. The van der Waals surface area contributed by atoms with Crippen molar-refractivity contribution in [2.45, 2.75) is 26.4 Å². The number of esters is 1. The number of hydrogen-bond donors (Lipinski definition) is 1. The van der Waals surface area contributed by atoms with E-state index in [0.29, 0.717) is 24.3 Å². The number of fused-ring (bicyclic) bond motifs is 1. The molecule has 39 heavy (non-hydrogen) atoms. The van der Waals surface area contributed by atoms with Crippen molar-refractivity contribution in [1.82, 2.24) is 9.88 Å². The summed E-state index contributed by atoms with van der Waals surface area (Å²) in [5.41, 5.74) is 6.57. The molecule has 1 atom stereocenters. The molecule has 1 unspecified atom stereocenters. The minimum Gasteiger partial charge on any atom is -0.462 e. The molecule has 5 rings (SSSR count). The van der Waals surface area contributed by atoms with Crippen LogP contribution in [-0.2, 0) is 11.3 Å². The topological polar surface area (TPSA) is 60.3 Å². The Hall–Kier alpha value is -4.16. The summed E-state index contributed by atoms with van der Waals surface area (Å²) in [5.74, 6) is -0.413. The van der Waals surface area contributed by atoms with Crippen molar-refractivity contribution >= 4 is 38.7 Å². The molecule has 0 radical (unpaired) electrons. The molecule has 4 aromatic carbocycles. The van der Waals surface area contributed by atoms with Crippen LogP contribution in [0.15, 0.2) is 108 Å². The van der Waals surface area contributed by atoms with E-state index in [1.165, 1.54) is 0 Å². The Labute approximate surface area is 236 Å². The van der Waals surface area contributed by atoms with Gasteiger partial charge in [-0.25, -0.2) is 4.79 Å². The van der Waals surface area contributed by atoms with Gasteiger partial charge in [-0.15, -0.1) is 0 Å². The fourth-order valence-corrected chi connectivity index (χ4v) is 4.98. The van der Waals surface area contributed by atoms with E-state index < -0.39 is 0 Å². The van der Waals surface area contributed by atoms with E-state index in [-0.39, 0.29) is 17.9 Å². The second-order valence-electron chi connectivity index (χ2n) is 9.42. The maximum Gasteiger partial charge on any atom is 0.338 e. The van der Waals surface area contributed by atoms with Crippen molar-refractivity contribution in [1.29, 1.82) is 0 Å². The highest BCUT2D eigenvalue weighted by molar-refractivity contribution is 9.10. The molecule has 0 bridgehead atoms. The predicted molar refractivity (Wildman–Crippen MR) is 159 cm³/mol. The Bertz CT molecular complexity index is 1620. The summed E-state index contributed by atoms with van der Waals surface area (Å²) < 4.78 is 8.30. The predicted octanol–water partition coefficient (Wildman–Crippen LogP) is 7.79. The number of amides is 1. The third-order valence-corrected chi connectivity index (χ3v) is 7.34. The standard InChI is InChI=1S/C33H29BrN2O3/c1-3-39-33(38)25-10-8-24(9-11-25)30-7-5-4-6-28(30)21-36-19-18-26-20-27(14-17-31(26)36)32(37)35-22(2)23-12-15-29(34)16-13-23/h4-20,22H,3,21H2,1-2H3,(H,35,37). The maximum absolute atomic E-state index is 13.0. The van der Waals surface area contributed by atoms with Crippen LogP contribution in [0.4, 0.5) is 0 Å². The average Bonchev–Trinajstić information content (AvgIpc) is 3.35. The summed E-state index contributed by atoms with van der Waals surface area (Å²) >= 11 is 3.45. The molecule has 1 heterocycles. The van der Waals surface area contributed by atoms with Crippen LogP contribution in [0.2, 0.25) is 0 Å². The lowest BCUT2D eigenvalue weighted by molar-refractivity contribution is 0.0526. The molecule has 0 aliphatic carbocycles. The lowest BCUT2D eigenvalue weighted by Crippen LogP contribution is -2.26. The third kappa shape index (κ3) is 5.96. The number of hydrogen-bond acceptors (Lipinski definition) is 3. The van der Waals surface area contributed by atoms with Gasteiger partial charge >= 0.3 is 5.97 Å². The van der Waals surface area contributed by atoms with E-state index in [1.54, 1.807) is 19.1 Å². The van der Waals surface area contributed by atoms with Gasteiger partial charge in [-0.1, -0.05) is 64.5 Å². The molecule has 1 N–H and O–H groups in total. The fraction of sp³-hybridized carbons (Fsp3) is 0.152. The number of nitrogens with zero attached hydrogens (tertiary/aromatic N) is 1. The van der Waals surface area contributed by atoms with Crippen molar-refractivity contribution in [3.63, 3.8) is 0 Å². The molecule has 0 spiro atoms. The second kappa shape index (κ2) is 11.7. The van der Waals surface area contributed by atoms with Gasteiger partial charge in [0.1, 0.15) is 0 Å². The van der Waals surface area contributed by atoms with Crippen LogP contribution >= 0.6 is 15.9 Å². The number of benzene rings is 4. The highest BCUT2D eigenvalue weighted by Gasteiger charge is 2.14. The molecule has 5 aromatic rings. The van der Waals surface area contributed by atoms with Gasteiger partial charge in [-0.3, -0.25) is 4.79 Å². The normalized spacial score (nSPS) is 11.8. The van der Waals surface area contributed by atoms with Gasteiger partial charge in [-0.05, 0) is 84.6 Å². The molecule has 1 aromatic heterocycles. The van der Waals surface area contributed by atoms with Gasteiger partial charge in [0.15, 0.2) is 0 Å². The van der Waals surface area contributed by atoms with E-state index in [4.69, 9.17) is 4.74 Å². The van der Waals surface area contributed by atoms with Crippen LogP contribution in [0, 0.1) is 0 Å². The molecule has 0 aliphatic heterocycles. The largest absolute Gasteiger partial charge is 0.462 e. The molecule has 0 saturated carbocycles. The van der Waals surface area contributed by atoms with Crippen LogP contribution in [0.3, 0.4) is 0 Å². The minimum atomic E-state index is -0.313. The number of ether oxygens (including phenoxy) is 1. The number of carbonyl (C=O) groups excluding carboxylic acids is 2. The Balaban J connectivity index is 1.34. The highest BCUT2D eigenvalue weighted by atomic mass is 79.9. The number of rotatable bonds is 8. The second-order valence-corrected chi connectivity index (χ2v) is 10.3. The van der Waals surface area contributed by atoms with Crippen molar-refractivity contribution in [3.05, 3.63) is 130 Å². The fourth-order valence-electron chi connectivity index (χ4n) is 4.72. The summed E-state index contributed by atoms with van der Waals surface area (Å²) in [4.78, 5) is 25.0. The average molecular weight is 582 g/mol. The molecule has 6 heteroatoms. The Morgan fingerprint density at radius 2 is 1.62 bits per heavy atom. The first-order chi connectivity index (χ1) is 18.9. The van der Waals surface area contributed by atoms with Gasteiger partial charge < -0.3 is 14.6 Å². The molecule has 1 amide bonds. The Morgan fingerprint density at radius 1 is 0.897 bits per heavy atom. The number of carbonyl (C=O) groups is 2. The zero-order valence-electron chi connectivity index (χ0n) is 21.9. The SMILES string of the molecule is CCOC(=O)c1ccc(-c2ccccc2Cn2ccc3cc(C(=O)NC(C)c4ccc(Br)cc4)ccc32)cc1. The molecule has 5 nitrogen and oxygen atoms in total. The van der Waals surface area contributed by atoms with Crippen LogP contribution in [-0.4, -0.2) is 23.1 Å². The lowest BCUT2D eigenvalue weighted by Gasteiger charge is -2.15. The summed E-state index contributed by atoms with van der Waals surface area (Å²) in [5, 5.41) is 4.11. The number of halogens is 1. The minimum absolute atomic E-state index is 0.100. The molecule has 196 valence electrons. The quantitative estimate of drug-likeness (QED) is 0.190. The van der Waals surface area contributed by atoms with Gasteiger partial charge in [0, 0.05) is 33.7 Å². The van der Waals surface area contributed by atoms with E-state index in [0.717, 1.165) is 37.6 Å².